The average Bonchev–Trinajstić information content (AvgIpc) is 2.88. The van der Waals surface area contributed by atoms with Crippen LogP contribution in [0.15, 0.2) is 48.7 Å². The van der Waals surface area contributed by atoms with Crippen LogP contribution in [0.1, 0.15) is 27.2 Å². The summed E-state index contributed by atoms with van der Waals surface area (Å²) in [6.07, 6.45) is -3.52. The van der Waals surface area contributed by atoms with Gasteiger partial charge in [-0.25, -0.2) is 9.37 Å². The Morgan fingerprint density at radius 3 is 2.78 bits per heavy atom. The van der Waals surface area contributed by atoms with Gasteiger partial charge in [-0.05, 0) is 59.9 Å². The van der Waals surface area contributed by atoms with Crippen molar-refractivity contribution in [1.29, 1.82) is 0 Å². The van der Waals surface area contributed by atoms with Crippen LogP contribution in [0.5, 0.6) is 0 Å². The molecule has 0 saturated carbocycles. The molecule has 194 valence electrons. The highest BCUT2D eigenvalue weighted by Gasteiger charge is 2.38. The molecule has 2 aliphatic heterocycles. The molecule has 3 heterocycles. The fraction of sp³-hybridized carbons (Fsp3) is 0.333. The zero-order chi connectivity index (χ0) is 26.3. The topological polar surface area (TPSA) is 74.7 Å². The third-order valence-electron chi connectivity index (χ3n) is 7.03. The number of hydrogen-bond acceptors (Lipinski definition) is 5. The number of hydrogen-bond donors (Lipinski definition) is 2. The van der Waals surface area contributed by atoms with E-state index in [0.717, 1.165) is 46.6 Å². The van der Waals surface area contributed by atoms with Gasteiger partial charge in [0.1, 0.15) is 0 Å². The normalized spacial score (nSPS) is 19.2. The number of halogens is 4. The number of aromatic nitrogens is 1. The molecule has 1 fully saturated rings. The number of carbonyl (C=O) groups is 1. The highest BCUT2D eigenvalue weighted by Crippen LogP contribution is 2.39. The number of rotatable bonds is 4. The number of nitrogens with one attached hydrogen (secondary N) is 1. The standard InChI is InChI=1S/C27H25F4N3O3/c1-15-2-5-19(33-26(36)20-6-7-32-25(24(20)28)27(29,30)31)12-21(15)16-3-4-17-10-18(13-35)23-14-37-9-8-34(23)22(17)11-16/h2-7,11-12,18,23,35H,8-10,13-14H2,1H3,(H,33,36)/t18-,23-/m0/s1. The number of morpholine rings is 1. The van der Waals surface area contributed by atoms with Crippen molar-refractivity contribution in [2.45, 2.75) is 25.6 Å². The van der Waals surface area contributed by atoms with Crippen LogP contribution in [0.25, 0.3) is 11.1 Å². The number of nitrogens with zero attached hydrogens (tertiary/aromatic N) is 2. The number of ether oxygens (including phenoxy) is 1. The number of amides is 1. The summed E-state index contributed by atoms with van der Waals surface area (Å²) in [5.74, 6) is -2.63. The summed E-state index contributed by atoms with van der Waals surface area (Å²) >= 11 is 0. The Bertz CT molecular complexity index is 1340. The predicted molar refractivity (Wildman–Crippen MR) is 130 cm³/mol. The van der Waals surface area contributed by atoms with Crippen LogP contribution in [-0.4, -0.2) is 48.4 Å². The fourth-order valence-corrected chi connectivity index (χ4v) is 5.11. The second-order valence-corrected chi connectivity index (χ2v) is 9.33. The van der Waals surface area contributed by atoms with Crippen LogP contribution >= 0.6 is 0 Å². The Kier molecular flexibility index (Phi) is 6.63. The number of carbonyl (C=O) groups excluding carboxylic acids is 1. The predicted octanol–water partition coefficient (Wildman–Crippen LogP) is 4.84. The van der Waals surface area contributed by atoms with Gasteiger partial charge in [-0.3, -0.25) is 4.79 Å². The zero-order valence-corrected chi connectivity index (χ0v) is 20.0. The van der Waals surface area contributed by atoms with Gasteiger partial charge in [0.2, 0.25) is 0 Å². The fourth-order valence-electron chi connectivity index (χ4n) is 5.11. The Balaban J connectivity index is 1.45. The molecule has 2 aromatic carbocycles. The van der Waals surface area contributed by atoms with Gasteiger partial charge in [0.25, 0.3) is 5.91 Å². The van der Waals surface area contributed by atoms with Crippen LogP contribution in [-0.2, 0) is 17.3 Å². The number of alkyl halides is 3. The molecule has 0 spiro atoms. The van der Waals surface area contributed by atoms with Crippen LogP contribution in [0.4, 0.5) is 28.9 Å². The maximum Gasteiger partial charge on any atom is 0.436 e. The van der Waals surface area contributed by atoms with Crippen molar-refractivity contribution in [2.75, 3.05) is 36.6 Å². The van der Waals surface area contributed by atoms with Gasteiger partial charge in [-0.2, -0.15) is 13.2 Å². The van der Waals surface area contributed by atoms with Gasteiger partial charge in [0.15, 0.2) is 11.5 Å². The second-order valence-electron chi connectivity index (χ2n) is 9.33. The maximum atomic E-state index is 14.4. The molecule has 5 rings (SSSR count). The van der Waals surface area contributed by atoms with Crippen molar-refractivity contribution in [3.8, 4) is 11.1 Å². The van der Waals surface area contributed by atoms with Crippen LogP contribution < -0.4 is 10.2 Å². The van der Waals surface area contributed by atoms with E-state index in [1.54, 1.807) is 18.2 Å². The summed E-state index contributed by atoms with van der Waals surface area (Å²) in [4.78, 5) is 18.0. The molecule has 6 nitrogen and oxygen atoms in total. The minimum absolute atomic E-state index is 0.0785. The monoisotopic (exact) mass is 515 g/mol. The van der Waals surface area contributed by atoms with Crippen molar-refractivity contribution in [3.05, 3.63) is 76.9 Å². The average molecular weight is 516 g/mol. The highest BCUT2D eigenvalue weighted by molar-refractivity contribution is 6.04. The number of aliphatic hydroxyl groups is 1. The van der Waals surface area contributed by atoms with E-state index in [1.807, 2.05) is 19.1 Å². The van der Waals surface area contributed by atoms with Crippen molar-refractivity contribution < 1.29 is 32.2 Å². The van der Waals surface area contributed by atoms with Crippen LogP contribution in [0.2, 0.25) is 0 Å². The molecule has 0 aliphatic carbocycles. The molecule has 0 unspecified atom stereocenters. The summed E-state index contributed by atoms with van der Waals surface area (Å²) in [6.45, 7) is 3.86. The Hall–Kier alpha value is -3.50. The molecule has 2 N–H and O–H groups in total. The van der Waals surface area contributed by atoms with E-state index in [9.17, 15) is 27.5 Å². The number of pyridine rings is 1. The first-order chi connectivity index (χ1) is 17.7. The summed E-state index contributed by atoms with van der Waals surface area (Å²) in [7, 11) is 0. The SMILES string of the molecule is Cc1ccc(NC(=O)c2ccnc(C(F)(F)F)c2F)cc1-c1ccc2c(c1)N1CCOC[C@H]1[C@H](CO)C2. The van der Waals surface area contributed by atoms with Gasteiger partial charge in [-0.1, -0.05) is 18.2 Å². The number of aryl methyl sites for hydroxylation is 1. The third-order valence-corrected chi connectivity index (χ3v) is 7.03. The molecule has 1 aromatic heterocycles. The molecule has 0 bridgehead atoms. The first kappa shape index (κ1) is 25.2. The van der Waals surface area contributed by atoms with Gasteiger partial charge >= 0.3 is 6.18 Å². The lowest BCUT2D eigenvalue weighted by Crippen LogP contribution is -2.53. The lowest BCUT2D eigenvalue weighted by molar-refractivity contribution is -0.143. The van der Waals surface area contributed by atoms with E-state index in [0.29, 0.717) is 25.4 Å². The molecular formula is C27H25F4N3O3. The molecular weight excluding hydrogens is 490 g/mol. The van der Waals surface area contributed by atoms with Crippen LogP contribution in [0.3, 0.4) is 0 Å². The first-order valence-corrected chi connectivity index (χ1v) is 11.9. The summed E-state index contributed by atoms with van der Waals surface area (Å²) in [6, 6.07) is 12.2. The van der Waals surface area contributed by atoms with Gasteiger partial charge in [-0.15, -0.1) is 0 Å². The Labute approximate surface area is 210 Å². The molecule has 2 atom stereocenters. The van der Waals surface area contributed by atoms with Crippen molar-refractivity contribution in [2.24, 2.45) is 5.92 Å². The number of anilines is 2. The third kappa shape index (κ3) is 4.78. The lowest BCUT2D eigenvalue weighted by Gasteiger charge is -2.46. The number of fused-ring (bicyclic) bond motifs is 3. The molecule has 0 radical (unpaired) electrons. The molecule has 3 aromatic rings. The van der Waals surface area contributed by atoms with Crippen molar-refractivity contribution >= 4 is 17.3 Å². The minimum atomic E-state index is -5.01. The van der Waals surface area contributed by atoms with E-state index in [1.165, 1.54) is 0 Å². The highest BCUT2D eigenvalue weighted by atomic mass is 19.4. The second kappa shape index (κ2) is 9.75. The largest absolute Gasteiger partial charge is 0.436 e. The van der Waals surface area contributed by atoms with Gasteiger partial charge in [0.05, 0.1) is 24.8 Å². The maximum absolute atomic E-state index is 14.4. The Morgan fingerprint density at radius 2 is 2.03 bits per heavy atom. The zero-order valence-electron chi connectivity index (χ0n) is 20.0. The van der Waals surface area contributed by atoms with E-state index >= 15 is 0 Å². The van der Waals surface area contributed by atoms with Crippen molar-refractivity contribution in [3.63, 3.8) is 0 Å². The van der Waals surface area contributed by atoms with E-state index in [-0.39, 0.29) is 18.6 Å². The molecule has 10 heteroatoms. The first-order valence-electron chi connectivity index (χ1n) is 11.9. The van der Waals surface area contributed by atoms with E-state index in [2.05, 4.69) is 21.3 Å². The number of aliphatic hydroxyl groups excluding tert-OH is 1. The molecule has 1 amide bonds. The van der Waals surface area contributed by atoms with Crippen LogP contribution in [0, 0.1) is 18.7 Å². The quantitative estimate of drug-likeness (QED) is 0.487. The summed E-state index contributed by atoms with van der Waals surface area (Å²) in [5.41, 5.74) is 2.70. The van der Waals surface area contributed by atoms with Gasteiger partial charge < -0.3 is 20.1 Å². The molecule has 37 heavy (non-hydrogen) atoms. The smallest absolute Gasteiger partial charge is 0.396 e. The number of benzene rings is 2. The Morgan fingerprint density at radius 1 is 1.22 bits per heavy atom. The molecule has 1 saturated heterocycles. The van der Waals surface area contributed by atoms with E-state index in [4.69, 9.17) is 4.74 Å². The minimum Gasteiger partial charge on any atom is -0.396 e. The summed E-state index contributed by atoms with van der Waals surface area (Å²) < 4.78 is 59.1. The van der Waals surface area contributed by atoms with E-state index < -0.39 is 29.2 Å². The molecule has 2 aliphatic rings. The van der Waals surface area contributed by atoms with Crippen molar-refractivity contribution in [1.82, 2.24) is 4.98 Å². The lowest BCUT2D eigenvalue weighted by atomic mass is 9.84. The van der Waals surface area contributed by atoms with Gasteiger partial charge in [0, 0.05) is 36.6 Å². The summed E-state index contributed by atoms with van der Waals surface area (Å²) in [5, 5.41) is 12.4.